The molecule has 0 aliphatic carbocycles. The molecule has 1 atom stereocenters. The number of ether oxygens (including phenoxy) is 1. The number of hydrogen-bond acceptors (Lipinski definition) is 4. The van der Waals surface area contributed by atoms with Crippen LogP contribution in [-0.4, -0.2) is 28.5 Å². The first-order valence-electron chi connectivity index (χ1n) is 8.42. The van der Waals surface area contributed by atoms with Gasteiger partial charge in [-0.1, -0.05) is 38.3 Å². The number of unbranched alkanes of at least 4 members (excludes halogenated alkanes) is 3. The Bertz CT molecular complexity index is 512. The zero-order valence-corrected chi connectivity index (χ0v) is 15.5. The number of phosphoric ester groups is 1. The summed E-state index contributed by atoms with van der Waals surface area (Å²) >= 11 is 0. The summed E-state index contributed by atoms with van der Waals surface area (Å²) in [6.45, 7) is 4.46. The van der Waals surface area contributed by atoms with Crippen LogP contribution in [0.5, 0.6) is 5.75 Å². The molecule has 6 nitrogen and oxygen atoms in total. The van der Waals surface area contributed by atoms with Gasteiger partial charge in [-0.05, 0) is 43.9 Å². The van der Waals surface area contributed by atoms with Crippen molar-refractivity contribution in [3.63, 3.8) is 0 Å². The molecule has 0 heterocycles. The Kier molecular flexibility index (Phi) is 8.95. The summed E-state index contributed by atoms with van der Waals surface area (Å²) < 4.78 is 20.9. The summed E-state index contributed by atoms with van der Waals surface area (Å²) in [5, 5.41) is 0. The molecule has 0 amide bonds. The van der Waals surface area contributed by atoms with Gasteiger partial charge in [-0.25, -0.2) is 4.57 Å². The number of rotatable bonds is 12. The molecular weight excluding hydrogens is 329 g/mol. The number of nitrogens with two attached hydrogens (primary N) is 1. The molecule has 0 saturated carbocycles. The van der Waals surface area contributed by atoms with Crippen LogP contribution < -0.4 is 10.5 Å². The number of benzene rings is 1. The summed E-state index contributed by atoms with van der Waals surface area (Å²) in [7, 11) is -4.48. The average molecular weight is 359 g/mol. The molecule has 1 rings (SSSR count). The molecule has 7 heteroatoms. The van der Waals surface area contributed by atoms with Gasteiger partial charge in [-0.15, -0.1) is 0 Å². The van der Waals surface area contributed by atoms with Gasteiger partial charge in [0, 0.05) is 5.54 Å². The fraction of sp³-hybridized carbons (Fsp3) is 0.647. The Labute approximate surface area is 144 Å². The second-order valence-electron chi connectivity index (χ2n) is 6.47. The van der Waals surface area contributed by atoms with Crippen molar-refractivity contribution in [2.24, 2.45) is 5.73 Å². The minimum absolute atomic E-state index is 0.184. The van der Waals surface area contributed by atoms with Crippen LogP contribution in [0.1, 0.15) is 51.5 Å². The van der Waals surface area contributed by atoms with Crippen LogP contribution in [-0.2, 0) is 15.5 Å². The topological polar surface area (TPSA) is 102 Å². The minimum Gasteiger partial charge on any atom is -0.494 e. The Morgan fingerprint density at radius 2 is 1.83 bits per heavy atom. The molecule has 0 aliphatic heterocycles. The molecule has 1 aromatic rings. The highest BCUT2D eigenvalue weighted by molar-refractivity contribution is 7.46. The normalized spacial score (nSPS) is 14.4. The Morgan fingerprint density at radius 3 is 2.42 bits per heavy atom. The summed E-state index contributed by atoms with van der Waals surface area (Å²) in [4.78, 5) is 17.5. The zero-order chi connectivity index (χ0) is 18.1. The summed E-state index contributed by atoms with van der Waals surface area (Å²) in [6, 6.07) is 7.85. The van der Waals surface area contributed by atoms with Gasteiger partial charge in [0.25, 0.3) is 0 Å². The van der Waals surface area contributed by atoms with Crippen LogP contribution in [0.15, 0.2) is 24.3 Å². The van der Waals surface area contributed by atoms with Gasteiger partial charge >= 0.3 is 7.82 Å². The molecule has 0 radical (unpaired) electrons. The van der Waals surface area contributed by atoms with Crippen molar-refractivity contribution in [1.29, 1.82) is 0 Å². The summed E-state index contributed by atoms with van der Waals surface area (Å²) in [5.74, 6) is 0.857. The Hall–Kier alpha value is -0.910. The monoisotopic (exact) mass is 359 g/mol. The third kappa shape index (κ3) is 10.1. The molecule has 1 aromatic carbocycles. The van der Waals surface area contributed by atoms with Crippen LogP contribution in [0.3, 0.4) is 0 Å². The summed E-state index contributed by atoms with van der Waals surface area (Å²) in [5.41, 5.74) is 6.32. The van der Waals surface area contributed by atoms with Crippen LogP contribution >= 0.6 is 7.82 Å². The van der Waals surface area contributed by atoms with E-state index in [4.69, 9.17) is 20.3 Å². The van der Waals surface area contributed by atoms with Gasteiger partial charge in [-0.2, -0.15) is 0 Å². The summed E-state index contributed by atoms with van der Waals surface area (Å²) in [6.07, 6.45) is 5.99. The smallest absolute Gasteiger partial charge is 0.469 e. The second-order valence-corrected chi connectivity index (χ2v) is 7.71. The molecule has 0 aliphatic rings. The van der Waals surface area contributed by atoms with Crippen LogP contribution in [0, 0.1) is 0 Å². The van der Waals surface area contributed by atoms with Gasteiger partial charge in [0.1, 0.15) is 5.75 Å². The maximum atomic E-state index is 10.7. The van der Waals surface area contributed by atoms with Crippen LogP contribution in [0.25, 0.3) is 0 Å². The lowest BCUT2D eigenvalue weighted by atomic mass is 9.95. The van der Waals surface area contributed by atoms with Gasteiger partial charge in [-0.3, -0.25) is 4.52 Å². The molecule has 0 spiro atoms. The number of phosphoric acid groups is 1. The SMILES string of the molecule is CCCCCCOc1ccc(CC[C@@](C)(N)COP(=O)(O)O)cc1. The molecule has 0 aromatic heterocycles. The molecule has 0 bridgehead atoms. The Balaban J connectivity index is 2.34. The van der Waals surface area contributed by atoms with Crippen LogP contribution in [0.4, 0.5) is 0 Å². The quantitative estimate of drug-likeness (QED) is 0.390. The fourth-order valence-electron chi connectivity index (χ4n) is 2.20. The predicted octanol–water partition coefficient (Wildman–Crippen LogP) is 3.41. The van der Waals surface area contributed by atoms with E-state index in [0.29, 0.717) is 12.8 Å². The largest absolute Gasteiger partial charge is 0.494 e. The van der Waals surface area contributed by atoms with E-state index >= 15 is 0 Å². The fourth-order valence-corrected chi connectivity index (χ4v) is 2.67. The third-order valence-electron chi connectivity index (χ3n) is 3.74. The van der Waals surface area contributed by atoms with E-state index in [9.17, 15) is 4.57 Å². The van der Waals surface area contributed by atoms with Gasteiger partial charge < -0.3 is 20.3 Å². The van der Waals surface area contributed by atoms with Crippen molar-refractivity contribution in [2.75, 3.05) is 13.2 Å². The number of aryl methyl sites for hydroxylation is 1. The highest BCUT2D eigenvalue weighted by Crippen LogP contribution is 2.36. The second kappa shape index (κ2) is 10.2. The maximum Gasteiger partial charge on any atom is 0.469 e. The first-order chi connectivity index (χ1) is 11.2. The van der Waals surface area contributed by atoms with E-state index in [1.54, 1.807) is 6.92 Å². The first-order valence-corrected chi connectivity index (χ1v) is 9.95. The van der Waals surface area contributed by atoms with E-state index < -0.39 is 13.4 Å². The first kappa shape index (κ1) is 21.1. The minimum atomic E-state index is -4.48. The lowest BCUT2D eigenvalue weighted by Gasteiger charge is -2.24. The van der Waals surface area contributed by atoms with Gasteiger partial charge in [0.15, 0.2) is 0 Å². The van der Waals surface area contributed by atoms with Gasteiger partial charge in [0.2, 0.25) is 0 Å². The Morgan fingerprint density at radius 1 is 1.17 bits per heavy atom. The molecule has 0 saturated heterocycles. The van der Waals surface area contributed by atoms with Crippen LogP contribution in [0.2, 0.25) is 0 Å². The van der Waals surface area contributed by atoms with E-state index in [-0.39, 0.29) is 6.61 Å². The molecule has 0 unspecified atom stereocenters. The van der Waals surface area contributed by atoms with E-state index in [1.807, 2.05) is 24.3 Å². The van der Waals surface area contributed by atoms with Crippen molar-refractivity contribution in [2.45, 2.75) is 57.9 Å². The van der Waals surface area contributed by atoms with E-state index in [2.05, 4.69) is 11.4 Å². The van der Waals surface area contributed by atoms with E-state index in [0.717, 1.165) is 24.3 Å². The van der Waals surface area contributed by atoms with E-state index in [1.165, 1.54) is 19.3 Å². The highest BCUT2D eigenvalue weighted by Gasteiger charge is 2.24. The van der Waals surface area contributed by atoms with Crippen molar-refractivity contribution in [1.82, 2.24) is 0 Å². The molecule has 138 valence electrons. The van der Waals surface area contributed by atoms with Crippen molar-refractivity contribution < 1.29 is 23.6 Å². The zero-order valence-electron chi connectivity index (χ0n) is 14.6. The molecular formula is C17H30NO5P. The predicted molar refractivity (Wildman–Crippen MR) is 95.0 cm³/mol. The van der Waals surface area contributed by atoms with Crippen molar-refractivity contribution in [3.8, 4) is 5.75 Å². The molecule has 4 N–H and O–H groups in total. The molecule has 0 fully saturated rings. The average Bonchev–Trinajstić information content (AvgIpc) is 2.52. The molecule has 24 heavy (non-hydrogen) atoms. The van der Waals surface area contributed by atoms with Crippen molar-refractivity contribution in [3.05, 3.63) is 29.8 Å². The lowest BCUT2D eigenvalue weighted by molar-refractivity contribution is 0.154. The number of hydrogen-bond donors (Lipinski definition) is 3. The highest BCUT2D eigenvalue weighted by atomic mass is 31.2. The standard InChI is InChI=1S/C17H30NO5P/c1-3-4-5-6-13-22-16-9-7-15(8-10-16)11-12-17(2,18)14-23-24(19,20)21/h7-10H,3-6,11-14,18H2,1-2H3,(H2,19,20,21)/t17-/m1/s1. The maximum absolute atomic E-state index is 10.7. The third-order valence-corrected chi connectivity index (χ3v) is 4.20. The lowest BCUT2D eigenvalue weighted by Crippen LogP contribution is -2.41. The van der Waals surface area contributed by atoms with Crippen molar-refractivity contribution >= 4 is 7.82 Å². The van der Waals surface area contributed by atoms with Gasteiger partial charge in [0.05, 0.1) is 13.2 Å².